The number of nitrogens with two attached hydrogens (primary N) is 1. The molecule has 90 valence electrons. The Kier molecular flexibility index (Phi) is 4.98. The van der Waals surface area contributed by atoms with Gasteiger partial charge in [-0.25, -0.2) is 4.98 Å². The van der Waals surface area contributed by atoms with E-state index in [0.29, 0.717) is 6.42 Å². The van der Waals surface area contributed by atoms with E-state index < -0.39 is 12.0 Å². The zero-order valence-electron chi connectivity index (χ0n) is 9.85. The number of carbonyl (C=O) groups is 1. The molecule has 0 amide bonds. The third-order valence-electron chi connectivity index (χ3n) is 2.46. The van der Waals surface area contributed by atoms with Crippen molar-refractivity contribution in [1.29, 1.82) is 0 Å². The maximum Gasteiger partial charge on any atom is 0.323 e. The van der Waals surface area contributed by atoms with Gasteiger partial charge in [0.15, 0.2) is 0 Å². The first kappa shape index (κ1) is 12.7. The Balaban J connectivity index is 2.59. The predicted octanol–water partition coefficient (Wildman–Crippen LogP) is 0.726. The number of carbonyl (C=O) groups excluding carboxylic acids is 1. The summed E-state index contributed by atoms with van der Waals surface area (Å²) in [5.41, 5.74) is 5.69. The molecule has 2 N–H and O–H groups in total. The molecule has 1 unspecified atom stereocenters. The maximum absolute atomic E-state index is 11.2. The van der Waals surface area contributed by atoms with E-state index in [1.54, 1.807) is 6.20 Å². The first-order valence-electron chi connectivity index (χ1n) is 5.52. The Hall–Kier alpha value is -1.36. The fourth-order valence-corrected chi connectivity index (χ4v) is 1.49. The lowest BCUT2D eigenvalue weighted by molar-refractivity contribution is -0.142. The molecule has 0 aliphatic carbocycles. The Bertz CT molecular complexity index is 336. The van der Waals surface area contributed by atoms with Crippen molar-refractivity contribution in [2.75, 3.05) is 7.11 Å². The molecule has 0 aromatic carbocycles. The topological polar surface area (TPSA) is 70.1 Å². The molecule has 1 atom stereocenters. The fourth-order valence-electron chi connectivity index (χ4n) is 1.49. The molecule has 0 aliphatic heterocycles. The molecule has 16 heavy (non-hydrogen) atoms. The van der Waals surface area contributed by atoms with Crippen LogP contribution in [-0.2, 0) is 22.5 Å². The predicted molar refractivity (Wildman–Crippen MR) is 60.8 cm³/mol. The van der Waals surface area contributed by atoms with E-state index in [1.807, 2.05) is 10.8 Å². The summed E-state index contributed by atoms with van der Waals surface area (Å²) in [6, 6.07) is -0.632. The molecule has 0 saturated carbocycles. The Morgan fingerprint density at radius 3 is 3.06 bits per heavy atom. The van der Waals surface area contributed by atoms with Crippen molar-refractivity contribution in [2.24, 2.45) is 5.73 Å². The van der Waals surface area contributed by atoms with E-state index >= 15 is 0 Å². The van der Waals surface area contributed by atoms with Crippen LogP contribution in [0.2, 0.25) is 0 Å². The van der Waals surface area contributed by atoms with Gasteiger partial charge in [0.2, 0.25) is 0 Å². The van der Waals surface area contributed by atoms with Crippen LogP contribution in [0.15, 0.2) is 12.4 Å². The normalized spacial score (nSPS) is 12.4. The van der Waals surface area contributed by atoms with Crippen LogP contribution in [-0.4, -0.2) is 28.7 Å². The average molecular weight is 225 g/mol. The molecule has 0 radical (unpaired) electrons. The van der Waals surface area contributed by atoms with Gasteiger partial charge >= 0.3 is 5.97 Å². The molecule has 0 fully saturated rings. The van der Waals surface area contributed by atoms with Gasteiger partial charge < -0.3 is 15.0 Å². The molecule has 1 heterocycles. The number of rotatable bonds is 6. The molecule has 0 saturated heterocycles. The highest BCUT2D eigenvalue weighted by Crippen LogP contribution is 2.04. The summed E-state index contributed by atoms with van der Waals surface area (Å²) in [5, 5.41) is 0. The maximum atomic E-state index is 11.2. The fraction of sp³-hybridized carbons (Fsp3) is 0.636. The highest BCUT2D eigenvalue weighted by Gasteiger charge is 2.16. The minimum atomic E-state index is -0.632. The van der Waals surface area contributed by atoms with Gasteiger partial charge in [0, 0.05) is 25.4 Å². The second-order valence-corrected chi connectivity index (χ2v) is 3.72. The van der Waals surface area contributed by atoms with E-state index in [0.717, 1.165) is 25.2 Å². The van der Waals surface area contributed by atoms with Gasteiger partial charge in [0.1, 0.15) is 11.9 Å². The molecular weight excluding hydrogens is 206 g/mol. The lowest BCUT2D eigenvalue weighted by Gasteiger charge is -2.10. The molecule has 1 rings (SSSR count). The quantitative estimate of drug-likeness (QED) is 0.724. The van der Waals surface area contributed by atoms with Crippen molar-refractivity contribution < 1.29 is 9.53 Å². The summed E-state index contributed by atoms with van der Waals surface area (Å²) >= 11 is 0. The van der Waals surface area contributed by atoms with Crippen molar-refractivity contribution in [3.63, 3.8) is 0 Å². The molecule has 5 nitrogen and oxygen atoms in total. The average Bonchev–Trinajstić information content (AvgIpc) is 2.72. The Morgan fingerprint density at radius 1 is 1.69 bits per heavy atom. The van der Waals surface area contributed by atoms with E-state index in [1.165, 1.54) is 7.11 Å². The molecule has 0 spiro atoms. The van der Waals surface area contributed by atoms with E-state index in [4.69, 9.17) is 5.73 Å². The number of unbranched alkanes of at least 4 members (excludes halogenated alkanes) is 1. The first-order valence-corrected chi connectivity index (χ1v) is 5.52. The van der Waals surface area contributed by atoms with Crippen molar-refractivity contribution in [2.45, 2.75) is 38.8 Å². The highest BCUT2D eigenvalue weighted by molar-refractivity contribution is 5.75. The molecule has 1 aromatic rings. The van der Waals surface area contributed by atoms with E-state index in [9.17, 15) is 4.79 Å². The standard InChI is InChI=1S/C11H19N3O2/c1-3-4-6-14-7-5-13-10(14)8-9(12)11(15)16-2/h5,7,9H,3-4,6,8,12H2,1-2H3. The van der Waals surface area contributed by atoms with Gasteiger partial charge in [-0.1, -0.05) is 13.3 Å². The number of hydrogen-bond donors (Lipinski definition) is 1. The number of hydrogen-bond acceptors (Lipinski definition) is 4. The van der Waals surface area contributed by atoms with Crippen molar-refractivity contribution in [3.8, 4) is 0 Å². The molecule has 5 heteroatoms. The van der Waals surface area contributed by atoms with Gasteiger partial charge in [-0.05, 0) is 6.42 Å². The number of esters is 1. The second-order valence-electron chi connectivity index (χ2n) is 3.72. The number of methoxy groups -OCH3 is 1. The van der Waals surface area contributed by atoms with Gasteiger partial charge in [0.25, 0.3) is 0 Å². The van der Waals surface area contributed by atoms with Crippen molar-refractivity contribution in [3.05, 3.63) is 18.2 Å². The smallest absolute Gasteiger partial charge is 0.323 e. The summed E-state index contributed by atoms with van der Waals surface area (Å²) in [4.78, 5) is 15.4. The summed E-state index contributed by atoms with van der Waals surface area (Å²) < 4.78 is 6.61. The van der Waals surface area contributed by atoms with Crippen LogP contribution in [0, 0.1) is 0 Å². The Labute approximate surface area is 95.6 Å². The molecule has 1 aromatic heterocycles. The van der Waals surface area contributed by atoms with Crippen molar-refractivity contribution in [1.82, 2.24) is 9.55 Å². The summed E-state index contributed by atoms with van der Waals surface area (Å²) in [7, 11) is 1.34. The van der Waals surface area contributed by atoms with Gasteiger partial charge in [-0.3, -0.25) is 4.79 Å². The van der Waals surface area contributed by atoms with Crippen molar-refractivity contribution >= 4 is 5.97 Å². The third kappa shape index (κ3) is 3.34. The van der Waals surface area contributed by atoms with Gasteiger partial charge in [-0.2, -0.15) is 0 Å². The van der Waals surface area contributed by atoms with Gasteiger partial charge in [0.05, 0.1) is 7.11 Å². The van der Waals surface area contributed by atoms with Crippen LogP contribution in [0.5, 0.6) is 0 Å². The molecular formula is C11H19N3O2. The number of imidazole rings is 1. The van der Waals surface area contributed by atoms with Crippen LogP contribution in [0.4, 0.5) is 0 Å². The highest BCUT2D eigenvalue weighted by atomic mass is 16.5. The minimum absolute atomic E-state index is 0.398. The second kappa shape index (κ2) is 6.27. The summed E-state index contributed by atoms with van der Waals surface area (Å²) in [6.45, 7) is 3.05. The SMILES string of the molecule is CCCCn1ccnc1CC(N)C(=O)OC. The van der Waals surface area contributed by atoms with Crippen LogP contribution in [0.3, 0.4) is 0 Å². The number of aromatic nitrogens is 2. The number of nitrogens with zero attached hydrogens (tertiary/aromatic N) is 2. The van der Waals surface area contributed by atoms with Crippen LogP contribution < -0.4 is 5.73 Å². The van der Waals surface area contributed by atoms with Crippen LogP contribution in [0.25, 0.3) is 0 Å². The largest absolute Gasteiger partial charge is 0.468 e. The van der Waals surface area contributed by atoms with Crippen LogP contribution in [0.1, 0.15) is 25.6 Å². The summed E-state index contributed by atoms with van der Waals surface area (Å²) in [5.74, 6) is 0.441. The monoisotopic (exact) mass is 225 g/mol. The Morgan fingerprint density at radius 2 is 2.44 bits per heavy atom. The molecule has 0 aliphatic rings. The number of ether oxygens (including phenoxy) is 1. The third-order valence-corrected chi connectivity index (χ3v) is 2.46. The first-order chi connectivity index (χ1) is 7.69. The minimum Gasteiger partial charge on any atom is -0.468 e. The zero-order chi connectivity index (χ0) is 12.0. The lowest BCUT2D eigenvalue weighted by atomic mass is 10.2. The zero-order valence-corrected chi connectivity index (χ0v) is 9.85. The molecule has 0 bridgehead atoms. The van der Waals surface area contributed by atoms with Gasteiger partial charge in [-0.15, -0.1) is 0 Å². The van der Waals surface area contributed by atoms with E-state index in [-0.39, 0.29) is 0 Å². The summed E-state index contributed by atoms with van der Waals surface area (Å²) in [6.07, 6.45) is 6.28. The van der Waals surface area contributed by atoms with E-state index in [2.05, 4.69) is 16.6 Å². The van der Waals surface area contributed by atoms with Crippen LogP contribution >= 0.6 is 0 Å². The lowest BCUT2D eigenvalue weighted by Crippen LogP contribution is -2.34. The number of aryl methyl sites for hydroxylation is 1.